The van der Waals surface area contributed by atoms with Gasteiger partial charge in [-0.1, -0.05) is 6.07 Å². The maximum absolute atomic E-state index is 12.2. The van der Waals surface area contributed by atoms with Crippen molar-refractivity contribution in [3.05, 3.63) is 29.3 Å². The smallest absolute Gasteiger partial charge is 0.279 e. The highest BCUT2D eigenvalue weighted by Crippen LogP contribution is 2.24. The molecule has 118 valence electrons. The van der Waals surface area contributed by atoms with Gasteiger partial charge in [-0.25, -0.2) is 0 Å². The van der Waals surface area contributed by atoms with Crippen molar-refractivity contribution in [3.8, 4) is 0 Å². The lowest BCUT2D eigenvalue weighted by Gasteiger charge is -2.27. The van der Waals surface area contributed by atoms with Crippen LogP contribution in [0.4, 0.5) is 5.69 Å². The first-order chi connectivity index (χ1) is 10.6. The zero-order chi connectivity index (χ0) is 15.5. The lowest BCUT2D eigenvalue weighted by Crippen LogP contribution is -3.14. The molecule has 2 aliphatic rings. The summed E-state index contributed by atoms with van der Waals surface area (Å²) in [5.74, 6) is -0.314. The summed E-state index contributed by atoms with van der Waals surface area (Å²) in [5, 5.41) is 2.99. The standard InChI is InChI=1S/C17H23N3O2/c18-17(22)14-5-2-8-20(10-14)11-16(21)19-15-7-6-12-3-1-4-13(12)9-15/h6-7,9,14H,1-5,8,10-11H2,(H2,18,22)(H,19,21)/p+1/t14-/m1/s1. The number of carbonyl (C=O) groups excluding carboxylic acids is 2. The molecule has 3 rings (SSSR count). The lowest BCUT2D eigenvalue weighted by molar-refractivity contribution is -0.899. The van der Waals surface area contributed by atoms with Crippen molar-refractivity contribution in [1.29, 1.82) is 0 Å². The van der Waals surface area contributed by atoms with Crippen LogP contribution >= 0.6 is 0 Å². The van der Waals surface area contributed by atoms with Crippen molar-refractivity contribution >= 4 is 17.5 Å². The predicted molar refractivity (Wildman–Crippen MR) is 84.6 cm³/mol. The number of quaternary nitrogens is 1. The highest BCUT2D eigenvalue weighted by atomic mass is 16.2. The second-order valence-electron chi connectivity index (χ2n) is 6.51. The highest BCUT2D eigenvalue weighted by Gasteiger charge is 2.28. The number of fused-ring (bicyclic) bond motifs is 1. The van der Waals surface area contributed by atoms with E-state index in [1.165, 1.54) is 17.5 Å². The van der Waals surface area contributed by atoms with Crippen molar-refractivity contribution in [1.82, 2.24) is 0 Å². The number of benzene rings is 1. The van der Waals surface area contributed by atoms with Crippen molar-refractivity contribution in [2.45, 2.75) is 32.1 Å². The SMILES string of the molecule is NC(=O)[C@@H]1CCC[NH+](CC(=O)Nc2ccc3c(c2)CCC3)C1. The van der Waals surface area contributed by atoms with Crippen molar-refractivity contribution in [2.24, 2.45) is 11.7 Å². The number of amides is 2. The van der Waals surface area contributed by atoms with Gasteiger partial charge < -0.3 is 16.0 Å². The molecule has 1 saturated heterocycles. The van der Waals surface area contributed by atoms with E-state index in [0.29, 0.717) is 13.1 Å². The van der Waals surface area contributed by atoms with Crippen molar-refractivity contribution in [2.75, 3.05) is 25.0 Å². The van der Waals surface area contributed by atoms with Gasteiger partial charge in [0.1, 0.15) is 0 Å². The fourth-order valence-corrected chi connectivity index (χ4v) is 3.64. The molecule has 22 heavy (non-hydrogen) atoms. The largest absolute Gasteiger partial charge is 0.369 e. The van der Waals surface area contributed by atoms with E-state index in [4.69, 9.17) is 5.73 Å². The van der Waals surface area contributed by atoms with Gasteiger partial charge in [0, 0.05) is 5.69 Å². The van der Waals surface area contributed by atoms with Crippen LogP contribution in [0.5, 0.6) is 0 Å². The molecule has 0 radical (unpaired) electrons. The molecule has 1 aromatic carbocycles. The average Bonchev–Trinajstić information content (AvgIpc) is 2.95. The van der Waals surface area contributed by atoms with Crippen LogP contribution in [-0.4, -0.2) is 31.4 Å². The normalized spacial score (nSPS) is 23.8. The molecule has 0 spiro atoms. The summed E-state index contributed by atoms with van der Waals surface area (Å²) in [6.45, 7) is 2.01. The molecule has 1 fully saturated rings. The van der Waals surface area contributed by atoms with Gasteiger partial charge in [-0.3, -0.25) is 9.59 Å². The number of aryl methyl sites for hydroxylation is 2. The van der Waals surface area contributed by atoms with E-state index in [1.54, 1.807) is 0 Å². The maximum Gasteiger partial charge on any atom is 0.279 e. The quantitative estimate of drug-likeness (QED) is 0.726. The summed E-state index contributed by atoms with van der Waals surface area (Å²) in [6, 6.07) is 6.20. The molecule has 4 N–H and O–H groups in total. The van der Waals surface area contributed by atoms with Crippen LogP contribution in [0.25, 0.3) is 0 Å². The highest BCUT2D eigenvalue weighted by molar-refractivity contribution is 5.91. The van der Waals surface area contributed by atoms with E-state index >= 15 is 0 Å². The van der Waals surface area contributed by atoms with E-state index in [9.17, 15) is 9.59 Å². The number of primary amides is 1. The third kappa shape index (κ3) is 3.47. The Hall–Kier alpha value is -1.88. The number of likely N-dealkylation sites (tertiary alicyclic amines) is 1. The molecule has 5 nitrogen and oxygen atoms in total. The van der Waals surface area contributed by atoms with Gasteiger partial charge in [0.05, 0.1) is 19.0 Å². The number of hydrogen-bond donors (Lipinski definition) is 3. The molecule has 2 atom stereocenters. The van der Waals surface area contributed by atoms with E-state index < -0.39 is 0 Å². The molecular formula is C17H24N3O2+. The summed E-state index contributed by atoms with van der Waals surface area (Å²) in [4.78, 5) is 24.6. The van der Waals surface area contributed by atoms with Crippen molar-refractivity contribution in [3.63, 3.8) is 0 Å². The molecule has 1 aliphatic carbocycles. The molecule has 2 amide bonds. The average molecular weight is 302 g/mol. The van der Waals surface area contributed by atoms with Crippen LogP contribution in [0.3, 0.4) is 0 Å². The van der Waals surface area contributed by atoms with Crippen LogP contribution in [-0.2, 0) is 22.4 Å². The van der Waals surface area contributed by atoms with E-state index in [0.717, 1.165) is 42.8 Å². The third-order valence-corrected chi connectivity index (χ3v) is 4.81. The molecule has 1 aromatic rings. The summed E-state index contributed by atoms with van der Waals surface area (Å²) in [7, 11) is 0. The van der Waals surface area contributed by atoms with E-state index in [2.05, 4.69) is 17.4 Å². The Bertz CT molecular complexity index is 585. The second-order valence-corrected chi connectivity index (χ2v) is 6.51. The lowest BCUT2D eigenvalue weighted by atomic mass is 9.97. The van der Waals surface area contributed by atoms with Crippen molar-refractivity contribution < 1.29 is 14.5 Å². The molecular weight excluding hydrogens is 278 g/mol. The Morgan fingerprint density at radius 1 is 1.23 bits per heavy atom. The summed E-state index contributed by atoms with van der Waals surface area (Å²) < 4.78 is 0. The summed E-state index contributed by atoms with van der Waals surface area (Å²) in [6.07, 6.45) is 5.27. The number of hydrogen-bond acceptors (Lipinski definition) is 2. The van der Waals surface area contributed by atoms with Gasteiger partial charge in [-0.05, 0) is 55.4 Å². The molecule has 1 aliphatic heterocycles. The molecule has 0 saturated carbocycles. The predicted octanol–water partition coefficient (Wildman–Crippen LogP) is -0.106. The summed E-state index contributed by atoms with van der Waals surface area (Å²) in [5.41, 5.74) is 9.03. The molecule has 1 unspecified atom stereocenters. The Balaban J connectivity index is 1.55. The number of piperidine rings is 1. The molecule has 0 aromatic heterocycles. The van der Waals surface area contributed by atoms with Gasteiger partial charge in [0.2, 0.25) is 5.91 Å². The number of nitrogens with one attached hydrogen (secondary N) is 2. The van der Waals surface area contributed by atoms with Crippen LogP contribution < -0.4 is 16.0 Å². The van der Waals surface area contributed by atoms with Gasteiger partial charge >= 0.3 is 0 Å². The van der Waals surface area contributed by atoms with Gasteiger partial charge in [-0.2, -0.15) is 0 Å². The van der Waals surface area contributed by atoms with E-state index in [1.807, 2.05) is 6.07 Å². The molecule has 1 heterocycles. The Morgan fingerprint density at radius 2 is 2.05 bits per heavy atom. The topological polar surface area (TPSA) is 76.6 Å². The van der Waals surface area contributed by atoms with Crippen LogP contribution in [0, 0.1) is 5.92 Å². The number of rotatable bonds is 4. The number of carbonyl (C=O) groups is 2. The zero-order valence-electron chi connectivity index (χ0n) is 12.9. The zero-order valence-corrected chi connectivity index (χ0v) is 12.9. The monoisotopic (exact) mass is 302 g/mol. The maximum atomic E-state index is 12.2. The van der Waals surface area contributed by atoms with Crippen LogP contribution in [0.15, 0.2) is 18.2 Å². The first-order valence-corrected chi connectivity index (χ1v) is 8.16. The Labute approximate surface area is 130 Å². The first kappa shape index (κ1) is 15.0. The number of nitrogens with two attached hydrogens (primary N) is 1. The second kappa shape index (κ2) is 6.48. The molecule has 5 heteroatoms. The fraction of sp³-hybridized carbons (Fsp3) is 0.529. The Kier molecular flexibility index (Phi) is 4.43. The van der Waals surface area contributed by atoms with Gasteiger partial charge in [0.15, 0.2) is 6.54 Å². The minimum atomic E-state index is -0.240. The Morgan fingerprint density at radius 3 is 2.86 bits per heavy atom. The first-order valence-electron chi connectivity index (χ1n) is 8.16. The van der Waals surface area contributed by atoms with Crippen LogP contribution in [0.2, 0.25) is 0 Å². The van der Waals surface area contributed by atoms with E-state index in [-0.39, 0.29) is 17.7 Å². The van der Waals surface area contributed by atoms with Gasteiger partial charge in [-0.15, -0.1) is 0 Å². The van der Waals surface area contributed by atoms with Gasteiger partial charge in [0.25, 0.3) is 5.91 Å². The minimum absolute atomic E-state index is 0.0121. The number of anilines is 1. The fourth-order valence-electron chi connectivity index (χ4n) is 3.64. The minimum Gasteiger partial charge on any atom is -0.369 e. The third-order valence-electron chi connectivity index (χ3n) is 4.81. The van der Waals surface area contributed by atoms with Crippen LogP contribution in [0.1, 0.15) is 30.4 Å². The summed E-state index contributed by atoms with van der Waals surface area (Å²) >= 11 is 0. The molecule has 0 bridgehead atoms.